The fraction of sp³-hybridized carbons (Fsp3) is 0.321. The first-order valence-electron chi connectivity index (χ1n) is 11.5. The number of nitrogens with zero attached hydrogens (tertiary/aromatic N) is 2. The normalized spacial score (nSPS) is 14.6. The number of benzene rings is 3. The Morgan fingerprint density at radius 3 is 2.21 bits per heavy atom. The summed E-state index contributed by atoms with van der Waals surface area (Å²) in [5.74, 6) is 1.29. The van der Waals surface area contributed by atoms with Gasteiger partial charge in [-0.15, -0.1) is 0 Å². The van der Waals surface area contributed by atoms with Crippen LogP contribution in [0.25, 0.3) is 0 Å². The molecule has 0 N–H and O–H groups in total. The Balaban J connectivity index is 1.55. The first-order valence-corrected chi connectivity index (χ1v) is 11.5. The number of methoxy groups -OCH3 is 2. The molecule has 0 spiro atoms. The van der Waals surface area contributed by atoms with Crippen molar-refractivity contribution in [2.24, 2.45) is 0 Å². The van der Waals surface area contributed by atoms with E-state index in [2.05, 4.69) is 36.1 Å². The smallest absolute Gasteiger partial charge is 0.258 e. The van der Waals surface area contributed by atoms with E-state index < -0.39 is 0 Å². The fourth-order valence-electron chi connectivity index (χ4n) is 4.48. The summed E-state index contributed by atoms with van der Waals surface area (Å²) in [5, 5.41) is 0. The maximum atomic E-state index is 13.6. The van der Waals surface area contributed by atoms with Gasteiger partial charge in [-0.25, -0.2) is 0 Å². The Labute approximate surface area is 196 Å². The molecule has 1 saturated heterocycles. The largest absolute Gasteiger partial charge is 0.493 e. The SMILES string of the molecule is COc1ccc(N(C(=O)c2ccccc2)C2CCN(Cc3ccc(C)cc3)CC2)cc1OC. The van der Waals surface area contributed by atoms with Crippen molar-refractivity contribution in [3.8, 4) is 11.5 Å². The Morgan fingerprint density at radius 1 is 0.909 bits per heavy atom. The van der Waals surface area contributed by atoms with Crippen LogP contribution >= 0.6 is 0 Å². The van der Waals surface area contributed by atoms with Gasteiger partial charge in [0.25, 0.3) is 5.91 Å². The fourth-order valence-corrected chi connectivity index (χ4v) is 4.48. The lowest BCUT2D eigenvalue weighted by Gasteiger charge is -2.39. The highest BCUT2D eigenvalue weighted by molar-refractivity contribution is 6.06. The van der Waals surface area contributed by atoms with Crippen LogP contribution in [-0.4, -0.2) is 44.2 Å². The summed E-state index contributed by atoms with van der Waals surface area (Å²) in [6, 6.07) is 24.1. The van der Waals surface area contributed by atoms with Gasteiger partial charge >= 0.3 is 0 Å². The lowest BCUT2D eigenvalue weighted by molar-refractivity contribution is 0.0958. The maximum absolute atomic E-state index is 13.6. The van der Waals surface area contributed by atoms with Crippen LogP contribution in [-0.2, 0) is 6.54 Å². The third kappa shape index (κ3) is 5.37. The number of likely N-dealkylation sites (tertiary alicyclic amines) is 1. The molecule has 5 nitrogen and oxygen atoms in total. The summed E-state index contributed by atoms with van der Waals surface area (Å²) in [7, 11) is 3.24. The van der Waals surface area contributed by atoms with Gasteiger partial charge in [-0.2, -0.15) is 0 Å². The maximum Gasteiger partial charge on any atom is 0.258 e. The van der Waals surface area contributed by atoms with Gasteiger partial charge in [0, 0.05) is 43.0 Å². The van der Waals surface area contributed by atoms with Crippen molar-refractivity contribution < 1.29 is 14.3 Å². The monoisotopic (exact) mass is 444 g/mol. The van der Waals surface area contributed by atoms with Gasteiger partial charge in [0.2, 0.25) is 0 Å². The van der Waals surface area contributed by atoms with Gasteiger partial charge in [-0.1, -0.05) is 48.0 Å². The molecule has 1 fully saturated rings. The van der Waals surface area contributed by atoms with Crippen molar-refractivity contribution in [3.63, 3.8) is 0 Å². The van der Waals surface area contributed by atoms with Crippen molar-refractivity contribution in [1.82, 2.24) is 4.90 Å². The van der Waals surface area contributed by atoms with E-state index in [9.17, 15) is 4.79 Å². The molecule has 1 aliphatic rings. The van der Waals surface area contributed by atoms with Crippen molar-refractivity contribution in [3.05, 3.63) is 89.5 Å². The lowest BCUT2D eigenvalue weighted by atomic mass is 10.00. The number of aryl methyl sites for hydroxylation is 1. The molecule has 3 aromatic rings. The van der Waals surface area contributed by atoms with Gasteiger partial charge in [0.1, 0.15) is 0 Å². The molecule has 0 unspecified atom stereocenters. The summed E-state index contributed by atoms with van der Waals surface area (Å²) >= 11 is 0. The van der Waals surface area contributed by atoms with Crippen LogP contribution in [0.1, 0.15) is 34.3 Å². The lowest BCUT2D eigenvalue weighted by Crippen LogP contribution is -2.47. The van der Waals surface area contributed by atoms with Crippen LogP contribution in [0.5, 0.6) is 11.5 Å². The zero-order valence-corrected chi connectivity index (χ0v) is 19.7. The third-order valence-electron chi connectivity index (χ3n) is 6.33. The molecule has 33 heavy (non-hydrogen) atoms. The summed E-state index contributed by atoms with van der Waals surface area (Å²) in [6.07, 6.45) is 1.83. The average molecular weight is 445 g/mol. The predicted molar refractivity (Wildman–Crippen MR) is 132 cm³/mol. The molecule has 0 aliphatic carbocycles. The second-order valence-electron chi connectivity index (χ2n) is 8.57. The van der Waals surface area contributed by atoms with Crippen LogP contribution in [0.15, 0.2) is 72.8 Å². The van der Waals surface area contributed by atoms with Crippen molar-refractivity contribution in [2.75, 3.05) is 32.2 Å². The molecule has 0 bridgehead atoms. The Morgan fingerprint density at radius 2 is 1.58 bits per heavy atom. The number of anilines is 1. The van der Waals surface area contributed by atoms with E-state index >= 15 is 0 Å². The highest BCUT2D eigenvalue weighted by Crippen LogP contribution is 2.34. The molecule has 1 aliphatic heterocycles. The molecule has 1 amide bonds. The Kier molecular flexibility index (Phi) is 7.30. The number of amides is 1. The van der Waals surface area contributed by atoms with Crippen LogP contribution in [0, 0.1) is 6.92 Å². The first kappa shape index (κ1) is 22.9. The summed E-state index contributed by atoms with van der Waals surface area (Å²) in [5.41, 5.74) is 4.13. The molecule has 5 heteroatoms. The third-order valence-corrected chi connectivity index (χ3v) is 6.33. The quantitative estimate of drug-likeness (QED) is 0.494. The van der Waals surface area contributed by atoms with Crippen molar-refractivity contribution in [2.45, 2.75) is 32.4 Å². The van der Waals surface area contributed by atoms with E-state index in [1.54, 1.807) is 14.2 Å². The standard InChI is InChI=1S/C28H32N2O3/c1-21-9-11-22(12-10-21)20-29-17-15-24(16-18-29)30(28(31)23-7-5-4-6-8-23)25-13-14-26(32-2)27(19-25)33-3/h4-14,19,24H,15-18,20H2,1-3H3. The average Bonchev–Trinajstić information content (AvgIpc) is 2.87. The van der Waals surface area contributed by atoms with E-state index in [1.807, 2.05) is 53.4 Å². The number of ether oxygens (including phenoxy) is 2. The minimum absolute atomic E-state index is 0.0137. The molecule has 4 rings (SSSR count). The summed E-state index contributed by atoms with van der Waals surface area (Å²) in [4.78, 5) is 18.1. The van der Waals surface area contributed by atoms with Crippen molar-refractivity contribution >= 4 is 11.6 Å². The van der Waals surface area contributed by atoms with Crippen LogP contribution in [0.3, 0.4) is 0 Å². The summed E-state index contributed by atoms with van der Waals surface area (Å²) < 4.78 is 10.9. The first-order chi connectivity index (χ1) is 16.1. The molecule has 3 aromatic carbocycles. The van der Waals surface area contributed by atoms with Crippen LogP contribution in [0.2, 0.25) is 0 Å². The molecule has 0 saturated carbocycles. The van der Waals surface area contributed by atoms with E-state index in [0.29, 0.717) is 17.1 Å². The molecule has 0 atom stereocenters. The van der Waals surface area contributed by atoms with Gasteiger partial charge < -0.3 is 14.4 Å². The zero-order chi connectivity index (χ0) is 23.2. The Bertz CT molecular complexity index is 1060. The molecular weight excluding hydrogens is 412 g/mol. The minimum Gasteiger partial charge on any atom is -0.493 e. The van der Waals surface area contributed by atoms with Gasteiger partial charge in [-0.3, -0.25) is 9.69 Å². The second-order valence-corrected chi connectivity index (χ2v) is 8.57. The minimum atomic E-state index is 0.0137. The van der Waals surface area contributed by atoms with Crippen LogP contribution in [0.4, 0.5) is 5.69 Å². The second kappa shape index (κ2) is 10.5. The zero-order valence-electron chi connectivity index (χ0n) is 19.7. The number of carbonyl (C=O) groups excluding carboxylic acids is 1. The topological polar surface area (TPSA) is 42.0 Å². The van der Waals surface area contributed by atoms with E-state index in [1.165, 1.54) is 11.1 Å². The number of hydrogen-bond acceptors (Lipinski definition) is 4. The molecule has 172 valence electrons. The highest BCUT2D eigenvalue weighted by atomic mass is 16.5. The number of carbonyl (C=O) groups is 1. The van der Waals surface area contributed by atoms with Gasteiger partial charge in [0.15, 0.2) is 11.5 Å². The number of rotatable bonds is 7. The predicted octanol–water partition coefficient (Wildman–Crippen LogP) is 5.32. The molecular formula is C28H32N2O3. The summed E-state index contributed by atoms with van der Waals surface area (Å²) in [6.45, 7) is 4.95. The van der Waals surface area contributed by atoms with E-state index in [0.717, 1.165) is 38.2 Å². The van der Waals surface area contributed by atoms with E-state index in [-0.39, 0.29) is 11.9 Å². The van der Waals surface area contributed by atoms with Crippen molar-refractivity contribution in [1.29, 1.82) is 0 Å². The number of piperidine rings is 1. The van der Waals surface area contributed by atoms with Gasteiger partial charge in [0.05, 0.1) is 14.2 Å². The van der Waals surface area contributed by atoms with E-state index in [4.69, 9.17) is 9.47 Å². The molecule has 1 heterocycles. The number of hydrogen-bond donors (Lipinski definition) is 0. The Hall–Kier alpha value is -3.31. The molecule has 0 aromatic heterocycles. The van der Waals surface area contributed by atoms with Crippen LogP contribution < -0.4 is 14.4 Å². The van der Waals surface area contributed by atoms with Gasteiger partial charge in [-0.05, 0) is 49.6 Å². The highest BCUT2D eigenvalue weighted by Gasteiger charge is 2.30. The molecule has 0 radical (unpaired) electrons.